The third-order valence-electron chi connectivity index (χ3n) is 3.69. The van der Waals surface area contributed by atoms with Gasteiger partial charge in [0.25, 0.3) is 5.91 Å². The highest BCUT2D eigenvalue weighted by atomic mass is 16.3. The molecule has 1 aliphatic heterocycles. The van der Waals surface area contributed by atoms with Crippen LogP contribution in [0.15, 0.2) is 30.3 Å². The number of hydrogen-bond donors (Lipinski definition) is 2. The maximum absolute atomic E-state index is 12.1. The minimum absolute atomic E-state index is 0.0247. The van der Waals surface area contributed by atoms with Gasteiger partial charge in [0.2, 0.25) is 5.91 Å². The van der Waals surface area contributed by atoms with Gasteiger partial charge in [-0.1, -0.05) is 18.2 Å². The molecule has 1 unspecified atom stereocenters. The van der Waals surface area contributed by atoms with E-state index in [1.165, 1.54) is 0 Å². The zero-order valence-electron chi connectivity index (χ0n) is 12.3. The fourth-order valence-corrected chi connectivity index (χ4v) is 2.57. The third-order valence-corrected chi connectivity index (χ3v) is 3.69. The average molecular weight is 290 g/mol. The van der Waals surface area contributed by atoms with E-state index in [1.54, 1.807) is 36.1 Å². The molecule has 1 aromatic carbocycles. The SMILES string of the molecule is CC1(O)CCCN(C(=O)CCNC(=O)c2ccccc2)C1. The summed E-state index contributed by atoms with van der Waals surface area (Å²) >= 11 is 0. The molecule has 0 saturated carbocycles. The van der Waals surface area contributed by atoms with Gasteiger partial charge in [-0.15, -0.1) is 0 Å². The molecule has 5 heteroatoms. The Hall–Kier alpha value is -1.88. The number of β-amino-alcohol motifs (C(OH)–C–C–N with tert-alkyl or cyclic N) is 1. The number of nitrogens with zero attached hydrogens (tertiary/aromatic N) is 1. The van der Waals surface area contributed by atoms with E-state index < -0.39 is 5.60 Å². The molecule has 114 valence electrons. The lowest BCUT2D eigenvalue weighted by atomic mass is 9.95. The highest BCUT2D eigenvalue weighted by Crippen LogP contribution is 2.20. The summed E-state index contributed by atoms with van der Waals surface area (Å²) in [5.74, 6) is -0.197. The van der Waals surface area contributed by atoms with Crippen LogP contribution in [0.3, 0.4) is 0 Å². The molecule has 0 aromatic heterocycles. The second kappa shape index (κ2) is 6.72. The minimum atomic E-state index is -0.790. The van der Waals surface area contributed by atoms with Crippen LogP contribution in [0.4, 0.5) is 0 Å². The Bertz CT molecular complexity index is 500. The molecule has 0 spiro atoms. The van der Waals surface area contributed by atoms with Crippen molar-refractivity contribution < 1.29 is 14.7 Å². The second-order valence-corrected chi connectivity index (χ2v) is 5.79. The van der Waals surface area contributed by atoms with Crippen molar-refractivity contribution >= 4 is 11.8 Å². The van der Waals surface area contributed by atoms with E-state index in [4.69, 9.17) is 0 Å². The van der Waals surface area contributed by atoms with Crippen molar-refractivity contribution in [3.05, 3.63) is 35.9 Å². The largest absolute Gasteiger partial charge is 0.388 e. The van der Waals surface area contributed by atoms with Crippen LogP contribution in [0.1, 0.15) is 36.5 Å². The van der Waals surface area contributed by atoms with Gasteiger partial charge >= 0.3 is 0 Å². The van der Waals surface area contributed by atoms with Crippen LogP contribution in [-0.2, 0) is 4.79 Å². The number of rotatable bonds is 4. The van der Waals surface area contributed by atoms with Gasteiger partial charge in [0.15, 0.2) is 0 Å². The average Bonchev–Trinajstić information content (AvgIpc) is 2.47. The molecule has 5 nitrogen and oxygen atoms in total. The summed E-state index contributed by atoms with van der Waals surface area (Å²) in [4.78, 5) is 25.6. The van der Waals surface area contributed by atoms with Crippen LogP contribution < -0.4 is 5.32 Å². The van der Waals surface area contributed by atoms with Gasteiger partial charge in [-0.2, -0.15) is 0 Å². The molecule has 2 amide bonds. The van der Waals surface area contributed by atoms with E-state index in [-0.39, 0.29) is 18.2 Å². The lowest BCUT2D eigenvalue weighted by Gasteiger charge is -2.36. The highest BCUT2D eigenvalue weighted by molar-refractivity contribution is 5.94. The Morgan fingerprint density at radius 2 is 2.05 bits per heavy atom. The Morgan fingerprint density at radius 1 is 1.33 bits per heavy atom. The van der Waals surface area contributed by atoms with Crippen molar-refractivity contribution in [3.8, 4) is 0 Å². The number of nitrogens with one attached hydrogen (secondary N) is 1. The predicted octanol–water partition coefficient (Wildman–Crippen LogP) is 1.18. The van der Waals surface area contributed by atoms with Crippen LogP contribution in [0.2, 0.25) is 0 Å². The smallest absolute Gasteiger partial charge is 0.251 e. The van der Waals surface area contributed by atoms with Crippen LogP contribution in [0.5, 0.6) is 0 Å². The number of carbonyl (C=O) groups excluding carboxylic acids is 2. The molecule has 0 radical (unpaired) electrons. The summed E-state index contributed by atoms with van der Waals surface area (Å²) < 4.78 is 0. The van der Waals surface area contributed by atoms with Crippen molar-refractivity contribution in [1.82, 2.24) is 10.2 Å². The van der Waals surface area contributed by atoms with Crippen LogP contribution in [-0.4, -0.2) is 47.1 Å². The lowest BCUT2D eigenvalue weighted by Crippen LogP contribution is -2.49. The van der Waals surface area contributed by atoms with Crippen molar-refractivity contribution in [3.63, 3.8) is 0 Å². The van der Waals surface area contributed by atoms with Crippen LogP contribution >= 0.6 is 0 Å². The first kappa shape index (κ1) is 15.5. The molecule has 1 aromatic rings. The summed E-state index contributed by atoms with van der Waals surface area (Å²) in [6, 6.07) is 8.92. The van der Waals surface area contributed by atoms with Gasteiger partial charge in [-0.3, -0.25) is 9.59 Å². The summed E-state index contributed by atoms with van der Waals surface area (Å²) in [5, 5.41) is 12.7. The Kier molecular flexibility index (Phi) is 4.96. The molecular weight excluding hydrogens is 268 g/mol. The van der Waals surface area contributed by atoms with Gasteiger partial charge in [0.1, 0.15) is 0 Å². The molecule has 1 saturated heterocycles. The Balaban J connectivity index is 1.76. The molecule has 1 heterocycles. The van der Waals surface area contributed by atoms with Crippen molar-refractivity contribution in [1.29, 1.82) is 0 Å². The number of likely N-dealkylation sites (tertiary alicyclic amines) is 1. The lowest BCUT2D eigenvalue weighted by molar-refractivity contribution is -0.137. The van der Waals surface area contributed by atoms with Crippen LogP contribution in [0.25, 0.3) is 0 Å². The molecule has 2 N–H and O–H groups in total. The zero-order valence-corrected chi connectivity index (χ0v) is 12.3. The quantitative estimate of drug-likeness (QED) is 0.875. The van der Waals surface area contributed by atoms with Crippen LogP contribution in [0, 0.1) is 0 Å². The topological polar surface area (TPSA) is 69.6 Å². The second-order valence-electron chi connectivity index (χ2n) is 5.79. The van der Waals surface area contributed by atoms with E-state index in [0.29, 0.717) is 25.2 Å². The normalized spacial score (nSPS) is 21.9. The van der Waals surface area contributed by atoms with E-state index in [9.17, 15) is 14.7 Å². The zero-order chi connectivity index (χ0) is 15.3. The molecule has 1 atom stereocenters. The van der Waals surface area contributed by atoms with Gasteiger partial charge < -0.3 is 15.3 Å². The van der Waals surface area contributed by atoms with E-state index in [1.807, 2.05) is 6.07 Å². The number of hydrogen-bond acceptors (Lipinski definition) is 3. The third kappa shape index (κ3) is 4.56. The molecule has 2 rings (SSSR count). The molecule has 1 aliphatic rings. The van der Waals surface area contributed by atoms with E-state index in [0.717, 1.165) is 12.8 Å². The number of carbonyl (C=O) groups is 2. The van der Waals surface area contributed by atoms with Crippen molar-refractivity contribution in [2.75, 3.05) is 19.6 Å². The summed E-state index contributed by atoms with van der Waals surface area (Å²) in [7, 11) is 0. The first-order valence-corrected chi connectivity index (χ1v) is 7.31. The fraction of sp³-hybridized carbons (Fsp3) is 0.500. The number of aliphatic hydroxyl groups is 1. The summed E-state index contributed by atoms with van der Waals surface area (Å²) in [6.07, 6.45) is 1.80. The molecule has 0 aliphatic carbocycles. The van der Waals surface area contributed by atoms with Gasteiger partial charge in [0.05, 0.1) is 5.60 Å². The van der Waals surface area contributed by atoms with Gasteiger partial charge in [0, 0.05) is 31.6 Å². The number of amides is 2. The number of piperidine rings is 1. The highest BCUT2D eigenvalue weighted by Gasteiger charge is 2.30. The van der Waals surface area contributed by atoms with E-state index in [2.05, 4.69) is 5.32 Å². The maximum Gasteiger partial charge on any atom is 0.251 e. The first-order chi connectivity index (χ1) is 9.98. The number of benzene rings is 1. The summed E-state index contributed by atoms with van der Waals surface area (Å²) in [6.45, 7) is 3.12. The molecular formula is C16H22N2O3. The van der Waals surface area contributed by atoms with Crippen molar-refractivity contribution in [2.24, 2.45) is 0 Å². The fourth-order valence-electron chi connectivity index (χ4n) is 2.57. The van der Waals surface area contributed by atoms with Gasteiger partial charge in [-0.05, 0) is 31.9 Å². The first-order valence-electron chi connectivity index (χ1n) is 7.31. The summed E-state index contributed by atoms with van der Waals surface area (Å²) in [5.41, 5.74) is -0.202. The predicted molar refractivity (Wildman–Crippen MR) is 79.8 cm³/mol. The molecule has 1 fully saturated rings. The molecule has 0 bridgehead atoms. The van der Waals surface area contributed by atoms with Crippen molar-refractivity contribution in [2.45, 2.75) is 31.8 Å². The monoisotopic (exact) mass is 290 g/mol. The maximum atomic E-state index is 12.1. The Labute approximate surface area is 125 Å². The standard InChI is InChI=1S/C16H22N2O3/c1-16(21)9-5-11-18(12-16)14(19)8-10-17-15(20)13-6-3-2-4-7-13/h2-4,6-7,21H,5,8-12H2,1H3,(H,17,20). The van der Waals surface area contributed by atoms with E-state index >= 15 is 0 Å². The minimum Gasteiger partial charge on any atom is -0.388 e. The molecule has 21 heavy (non-hydrogen) atoms. The Morgan fingerprint density at radius 3 is 2.71 bits per heavy atom. The van der Waals surface area contributed by atoms with Gasteiger partial charge in [-0.25, -0.2) is 0 Å².